The van der Waals surface area contributed by atoms with E-state index in [1.54, 1.807) is 17.8 Å². The molecule has 2 aromatic heterocycles. The lowest BCUT2D eigenvalue weighted by molar-refractivity contribution is -0.219. The SMILES string of the molecule is C[C@@]1(O)[C@H](OCc2ccccc2)[C@@H](OCc2ccccc2)[C@H](OCc2ccccc2)[C@@H](COCc2ccccc2)O[C@H]1n1cnc2c(N)ncnc21. The monoisotopic (exact) mass is 701 g/mol. The summed E-state index contributed by atoms with van der Waals surface area (Å²) in [5.74, 6) is 0.213. The first kappa shape index (κ1) is 35.4. The smallest absolute Gasteiger partial charge is 0.168 e. The average Bonchev–Trinajstić information content (AvgIpc) is 3.58. The summed E-state index contributed by atoms with van der Waals surface area (Å²) in [5.41, 5.74) is 9.11. The number of nitrogens with two attached hydrogens (primary N) is 1. The Kier molecular flexibility index (Phi) is 11.3. The zero-order valence-corrected chi connectivity index (χ0v) is 29.0. The van der Waals surface area contributed by atoms with Crippen LogP contribution in [0, 0.1) is 0 Å². The van der Waals surface area contributed by atoms with Gasteiger partial charge in [-0.3, -0.25) is 4.57 Å². The topological polar surface area (TPSA) is 136 Å². The number of rotatable bonds is 14. The van der Waals surface area contributed by atoms with Crippen LogP contribution in [0.25, 0.3) is 11.2 Å². The molecule has 0 aliphatic carbocycles. The summed E-state index contributed by atoms with van der Waals surface area (Å²) in [6.45, 7) is 2.82. The lowest BCUT2D eigenvalue weighted by Gasteiger charge is -2.40. The molecule has 3 N–H and O–H groups in total. The zero-order valence-electron chi connectivity index (χ0n) is 29.0. The van der Waals surface area contributed by atoms with E-state index < -0.39 is 36.2 Å². The van der Waals surface area contributed by atoms with Crippen LogP contribution in [0.2, 0.25) is 0 Å². The van der Waals surface area contributed by atoms with E-state index >= 15 is 0 Å². The normalized spacial score (nSPS) is 23.4. The summed E-state index contributed by atoms with van der Waals surface area (Å²) in [4.78, 5) is 13.1. The Morgan fingerprint density at radius 1 is 0.673 bits per heavy atom. The molecule has 11 nitrogen and oxygen atoms in total. The fourth-order valence-electron chi connectivity index (χ4n) is 6.57. The highest BCUT2D eigenvalue weighted by molar-refractivity contribution is 5.81. The molecule has 3 heterocycles. The summed E-state index contributed by atoms with van der Waals surface area (Å²) in [6.07, 6.45) is -1.53. The van der Waals surface area contributed by atoms with Crippen LogP contribution in [0.3, 0.4) is 0 Å². The number of fused-ring (bicyclic) bond motifs is 1. The highest BCUT2D eigenvalue weighted by Gasteiger charge is 2.56. The maximum Gasteiger partial charge on any atom is 0.168 e. The number of aliphatic hydroxyl groups is 1. The van der Waals surface area contributed by atoms with Gasteiger partial charge in [0.25, 0.3) is 0 Å². The number of nitrogen functional groups attached to an aromatic ring is 1. The Morgan fingerprint density at radius 3 is 1.73 bits per heavy atom. The highest BCUT2D eigenvalue weighted by atomic mass is 16.6. The van der Waals surface area contributed by atoms with E-state index in [0.717, 1.165) is 22.3 Å². The minimum atomic E-state index is -1.74. The molecule has 11 heteroatoms. The van der Waals surface area contributed by atoms with Crippen LogP contribution in [0.5, 0.6) is 0 Å². The van der Waals surface area contributed by atoms with Gasteiger partial charge in [-0.1, -0.05) is 121 Å². The van der Waals surface area contributed by atoms with E-state index in [2.05, 4.69) is 15.0 Å². The van der Waals surface area contributed by atoms with Crippen molar-refractivity contribution in [2.45, 2.75) is 69.6 Å². The minimum Gasteiger partial charge on any atom is -0.383 e. The average molecular weight is 702 g/mol. The third-order valence-electron chi connectivity index (χ3n) is 9.24. The molecule has 4 aromatic carbocycles. The molecular weight excluding hydrogens is 658 g/mol. The second-order valence-electron chi connectivity index (χ2n) is 13.1. The van der Waals surface area contributed by atoms with Crippen molar-refractivity contribution in [3.05, 3.63) is 156 Å². The summed E-state index contributed by atoms with van der Waals surface area (Å²) < 4.78 is 35.4. The molecule has 0 spiro atoms. The third kappa shape index (κ3) is 8.21. The molecule has 6 atom stereocenters. The Labute approximate surface area is 302 Å². The zero-order chi connectivity index (χ0) is 35.8. The molecule has 0 saturated carbocycles. The van der Waals surface area contributed by atoms with Gasteiger partial charge in [-0.15, -0.1) is 0 Å². The summed E-state index contributed by atoms with van der Waals surface area (Å²) in [6, 6.07) is 39.5. The number of benzene rings is 4. The molecule has 0 bridgehead atoms. The summed E-state index contributed by atoms with van der Waals surface area (Å²) in [5, 5.41) is 12.9. The summed E-state index contributed by atoms with van der Waals surface area (Å²) in [7, 11) is 0. The predicted octanol–water partition coefficient (Wildman–Crippen LogP) is 6.03. The van der Waals surface area contributed by atoms with E-state index in [1.165, 1.54) is 6.33 Å². The first-order valence-corrected chi connectivity index (χ1v) is 17.4. The Morgan fingerprint density at radius 2 is 1.17 bits per heavy atom. The van der Waals surface area contributed by atoms with Crippen molar-refractivity contribution in [3.8, 4) is 0 Å². The standard InChI is InChI=1S/C41H43N5O6/c1-41(47)37(51-25-32-20-12-5-13-21-32)36(50-24-31-18-10-4-11-19-31)35(49-23-30-16-8-3-9-17-30)33(26-48-22-29-14-6-2-7-15-29)52-40(41)46-28-45-34-38(42)43-27-44-39(34)46/h2-21,27-28,33,35-37,40,47H,22-26H2,1H3,(H2,42,43,44)/t33-,35-,36+,37-,40-,41-/m1/s1. The maximum atomic E-state index is 12.9. The van der Waals surface area contributed by atoms with Gasteiger partial charge in [0.15, 0.2) is 17.7 Å². The second kappa shape index (κ2) is 16.6. The number of ether oxygens (including phenoxy) is 5. The molecule has 1 saturated heterocycles. The first-order valence-electron chi connectivity index (χ1n) is 17.4. The molecule has 1 aliphatic heterocycles. The van der Waals surface area contributed by atoms with Crippen LogP contribution in [-0.2, 0) is 50.1 Å². The van der Waals surface area contributed by atoms with Gasteiger partial charge in [0.05, 0.1) is 39.4 Å². The number of nitrogens with zero attached hydrogens (tertiary/aromatic N) is 4. The number of anilines is 1. The second-order valence-corrected chi connectivity index (χ2v) is 13.1. The van der Waals surface area contributed by atoms with Crippen molar-refractivity contribution in [2.75, 3.05) is 12.3 Å². The van der Waals surface area contributed by atoms with Crippen LogP contribution < -0.4 is 5.73 Å². The van der Waals surface area contributed by atoms with E-state index in [1.807, 2.05) is 121 Å². The van der Waals surface area contributed by atoms with Gasteiger partial charge in [-0.05, 0) is 29.2 Å². The van der Waals surface area contributed by atoms with Gasteiger partial charge in [0.1, 0.15) is 41.9 Å². The van der Waals surface area contributed by atoms with Crippen molar-refractivity contribution in [1.29, 1.82) is 0 Å². The highest BCUT2D eigenvalue weighted by Crippen LogP contribution is 2.41. The molecule has 268 valence electrons. The fraction of sp³-hybridized carbons (Fsp3) is 0.293. The molecule has 7 rings (SSSR count). The fourth-order valence-corrected chi connectivity index (χ4v) is 6.57. The van der Waals surface area contributed by atoms with Crippen molar-refractivity contribution in [3.63, 3.8) is 0 Å². The lowest BCUT2D eigenvalue weighted by Crippen LogP contribution is -2.56. The number of hydrogen-bond acceptors (Lipinski definition) is 10. The van der Waals surface area contributed by atoms with E-state index in [4.69, 9.17) is 29.4 Å². The number of imidazole rings is 1. The molecule has 0 unspecified atom stereocenters. The van der Waals surface area contributed by atoms with Crippen LogP contribution in [0.4, 0.5) is 5.82 Å². The number of aromatic nitrogens is 4. The quantitative estimate of drug-likeness (QED) is 0.139. The molecule has 6 aromatic rings. The Hall–Kier alpha value is -5.01. The maximum absolute atomic E-state index is 12.9. The lowest BCUT2D eigenvalue weighted by atomic mass is 9.89. The van der Waals surface area contributed by atoms with Crippen molar-refractivity contribution < 1.29 is 28.8 Å². The summed E-state index contributed by atoms with van der Waals surface area (Å²) >= 11 is 0. The van der Waals surface area contributed by atoms with E-state index in [9.17, 15) is 5.11 Å². The van der Waals surface area contributed by atoms with Crippen LogP contribution in [0.1, 0.15) is 35.4 Å². The third-order valence-corrected chi connectivity index (χ3v) is 9.24. The van der Waals surface area contributed by atoms with Crippen molar-refractivity contribution in [2.24, 2.45) is 0 Å². The van der Waals surface area contributed by atoms with Gasteiger partial charge < -0.3 is 34.5 Å². The van der Waals surface area contributed by atoms with Crippen LogP contribution in [0.15, 0.2) is 134 Å². The van der Waals surface area contributed by atoms with E-state index in [0.29, 0.717) is 17.8 Å². The van der Waals surface area contributed by atoms with Gasteiger partial charge in [0.2, 0.25) is 0 Å². The van der Waals surface area contributed by atoms with Crippen molar-refractivity contribution in [1.82, 2.24) is 19.5 Å². The van der Waals surface area contributed by atoms with Gasteiger partial charge in [-0.25, -0.2) is 15.0 Å². The minimum absolute atomic E-state index is 0.112. The Bertz CT molecular complexity index is 1980. The van der Waals surface area contributed by atoms with Gasteiger partial charge >= 0.3 is 0 Å². The molecule has 0 amide bonds. The first-order chi connectivity index (χ1) is 25.5. The largest absolute Gasteiger partial charge is 0.383 e. The molecule has 52 heavy (non-hydrogen) atoms. The molecule has 1 fully saturated rings. The molecular formula is C41H43N5O6. The van der Waals surface area contributed by atoms with Crippen LogP contribution >= 0.6 is 0 Å². The number of hydrogen-bond donors (Lipinski definition) is 2. The van der Waals surface area contributed by atoms with Gasteiger partial charge in [0, 0.05) is 0 Å². The van der Waals surface area contributed by atoms with Gasteiger partial charge in [-0.2, -0.15) is 0 Å². The Balaban J connectivity index is 1.32. The van der Waals surface area contributed by atoms with Crippen molar-refractivity contribution >= 4 is 17.0 Å². The van der Waals surface area contributed by atoms with E-state index in [-0.39, 0.29) is 32.2 Å². The molecule has 1 aliphatic rings. The molecule has 0 radical (unpaired) electrons. The predicted molar refractivity (Wildman–Crippen MR) is 195 cm³/mol. The van der Waals surface area contributed by atoms with Crippen LogP contribution in [-0.4, -0.2) is 61.2 Å².